The van der Waals surface area contributed by atoms with Crippen molar-refractivity contribution in [2.75, 3.05) is 33.3 Å². The number of ether oxygens (including phenoxy) is 1. The van der Waals surface area contributed by atoms with Gasteiger partial charge in [-0.3, -0.25) is 4.90 Å². The summed E-state index contributed by atoms with van der Waals surface area (Å²) in [4.78, 5) is 2.67. The van der Waals surface area contributed by atoms with Gasteiger partial charge in [0.2, 0.25) is 0 Å². The summed E-state index contributed by atoms with van der Waals surface area (Å²) < 4.78 is 5.45. The van der Waals surface area contributed by atoms with Crippen molar-refractivity contribution < 1.29 is 4.74 Å². The molecule has 0 aromatic rings. The Hall–Kier alpha value is -0.120. The van der Waals surface area contributed by atoms with Crippen molar-refractivity contribution in [1.82, 2.24) is 10.2 Å². The van der Waals surface area contributed by atoms with Crippen molar-refractivity contribution in [3.8, 4) is 0 Å². The van der Waals surface area contributed by atoms with Crippen LogP contribution in [-0.2, 0) is 4.74 Å². The van der Waals surface area contributed by atoms with Crippen LogP contribution in [0.5, 0.6) is 0 Å². The second-order valence-electron chi connectivity index (χ2n) is 5.13. The van der Waals surface area contributed by atoms with Gasteiger partial charge in [0.1, 0.15) is 0 Å². The molecule has 1 saturated carbocycles. The molecule has 0 aromatic carbocycles. The highest BCUT2D eigenvalue weighted by Gasteiger charge is 2.30. The van der Waals surface area contributed by atoms with Gasteiger partial charge in [-0.15, -0.1) is 0 Å². The van der Waals surface area contributed by atoms with E-state index in [2.05, 4.69) is 17.1 Å². The van der Waals surface area contributed by atoms with E-state index >= 15 is 0 Å². The van der Waals surface area contributed by atoms with Crippen molar-refractivity contribution >= 4 is 0 Å². The third kappa shape index (κ3) is 2.92. The van der Waals surface area contributed by atoms with Gasteiger partial charge < -0.3 is 10.1 Å². The summed E-state index contributed by atoms with van der Waals surface area (Å²) in [6.07, 6.45) is 4.33. The second-order valence-corrected chi connectivity index (χ2v) is 5.13. The summed E-state index contributed by atoms with van der Waals surface area (Å²) in [5.74, 6) is 0.786. The second kappa shape index (κ2) is 5.28. The molecule has 15 heavy (non-hydrogen) atoms. The van der Waals surface area contributed by atoms with Gasteiger partial charge in [-0.1, -0.05) is 6.92 Å². The first kappa shape index (κ1) is 11.4. The maximum Gasteiger partial charge on any atom is 0.0586 e. The lowest BCUT2D eigenvalue weighted by Gasteiger charge is -2.28. The van der Waals surface area contributed by atoms with E-state index in [0.717, 1.165) is 18.5 Å². The Kier molecular flexibility index (Phi) is 4.00. The minimum Gasteiger partial charge on any atom is -0.381 e. The fourth-order valence-electron chi connectivity index (χ4n) is 2.92. The van der Waals surface area contributed by atoms with Gasteiger partial charge in [-0.25, -0.2) is 0 Å². The molecule has 0 amide bonds. The lowest BCUT2D eigenvalue weighted by atomic mass is 10.1. The lowest BCUT2D eigenvalue weighted by molar-refractivity contribution is 0.0959. The highest BCUT2D eigenvalue weighted by Crippen LogP contribution is 2.26. The van der Waals surface area contributed by atoms with E-state index in [9.17, 15) is 0 Å². The zero-order valence-corrected chi connectivity index (χ0v) is 10.0. The van der Waals surface area contributed by atoms with Gasteiger partial charge in [-0.2, -0.15) is 0 Å². The van der Waals surface area contributed by atoms with Crippen LogP contribution in [0.1, 0.15) is 26.2 Å². The monoisotopic (exact) mass is 212 g/mol. The third-order valence-electron chi connectivity index (χ3n) is 3.82. The maximum absolute atomic E-state index is 5.45. The maximum atomic E-state index is 5.45. The smallest absolute Gasteiger partial charge is 0.0586 e. The van der Waals surface area contributed by atoms with Crippen molar-refractivity contribution in [2.45, 2.75) is 38.3 Å². The van der Waals surface area contributed by atoms with Crippen LogP contribution < -0.4 is 5.32 Å². The van der Waals surface area contributed by atoms with Crippen LogP contribution >= 0.6 is 0 Å². The summed E-state index contributed by atoms with van der Waals surface area (Å²) in [5.41, 5.74) is 0. The largest absolute Gasteiger partial charge is 0.381 e. The molecule has 3 unspecified atom stereocenters. The van der Waals surface area contributed by atoms with Crippen LogP contribution in [0.25, 0.3) is 0 Å². The molecule has 0 bridgehead atoms. The van der Waals surface area contributed by atoms with Crippen molar-refractivity contribution in [3.05, 3.63) is 0 Å². The molecule has 3 nitrogen and oxygen atoms in total. The van der Waals surface area contributed by atoms with Crippen molar-refractivity contribution in [1.29, 1.82) is 0 Å². The number of hydrogen-bond acceptors (Lipinski definition) is 3. The molecule has 1 saturated heterocycles. The first-order chi connectivity index (χ1) is 7.29. The van der Waals surface area contributed by atoms with Gasteiger partial charge in [0.05, 0.1) is 6.10 Å². The van der Waals surface area contributed by atoms with Crippen molar-refractivity contribution in [3.63, 3.8) is 0 Å². The summed E-state index contributed by atoms with van der Waals surface area (Å²) in [6, 6.07) is 0.775. The summed E-state index contributed by atoms with van der Waals surface area (Å²) in [6.45, 7) is 7.14. The SMILES string of the molecule is COC1CCC(N2CCNCC(C)C2)C1. The normalized spacial score (nSPS) is 39.2. The first-order valence-electron chi connectivity index (χ1n) is 6.27. The summed E-state index contributed by atoms with van der Waals surface area (Å²) in [7, 11) is 1.85. The van der Waals surface area contributed by atoms with Crippen LogP contribution in [0, 0.1) is 5.92 Å². The molecule has 1 N–H and O–H groups in total. The minimum atomic E-state index is 0.515. The Bertz CT molecular complexity index is 198. The number of rotatable bonds is 2. The molecular formula is C12H24N2O. The molecule has 2 aliphatic rings. The number of methoxy groups -OCH3 is 1. The standard InChI is InChI=1S/C12H24N2O/c1-10-8-13-5-6-14(9-10)11-3-4-12(7-11)15-2/h10-13H,3-9H2,1-2H3. The Morgan fingerprint density at radius 1 is 1.33 bits per heavy atom. The van der Waals surface area contributed by atoms with Crippen LogP contribution in [0.3, 0.4) is 0 Å². The van der Waals surface area contributed by atoms with E-state index in [1.807, 2.05) is 7.11 Å². The van der Waals surface area contributed by atoms with Gasteiger partial charge in [0, 0.05) is 32.8 Å². The third-order valence-corrected chi connectivity index (χ3v) is 3.82. The quantitative estimate of drug-likeness (QED) is 0.742. The molecule has 2 fully saturated rings. The molecule has 1 aliphatic carbocycles. The van der Waals surface area contributed by atoms with Gasteiger partial charge >= 0.3 is 0 Å². The minimum absolute atomic E-state index is 0.515. The fraction of sp³-hybridized carbons (Fsp3) is 1.00. The van der Waals surface area contributed by atoms with Gasteiger partial charge in [0.25, 0.3) is 0 Å². The van der Waals surface area contributed by atoms with Crippen molar-refractivity contribution in [2.24, 2.45) is 5.92 Å². The molecule has 3 atom stereocenters. The van der Waals surface area contributed by atoms with Crippen LogP contribution in [-0.4, -0.2) is 50.3 Å². The number of hydrogen-bond donors (Lipinski definition) is 1. The Labute approximate surface area is 93.2 Å². The fourth-order valence-corrected chi connectivity index (χ4v) is 2.92. The first-order valence-corrected chi connectivity index (χ1v) is 6.27. The molecule has 88 valence electrons. The molecule has 0 aromatic heterocycles. The molecular weight excluding hydrogens is 188 g/mol. The average molecular weight is 212 g/mol. The Morgan fingerprint density at radius 2 is 2.20 bits per heavy atom. The topological polar surface area (TPSA) is 24.5 Å². The van der Waals surface area contributed by atoms with Crippen LogP contribution in [0.15, 0.2) is 0 Å². The molecule has 0 spiro atoms. The van der Waals surface area contributed by atoms with E-state index in [4.69, 9.17) is 4.74 Å². The zero-order chi connectivity index (χ0) is 10.7. The molecule has 3 heteroatoms. The number of nitrogens with one attached hydrogen (secondary N) is 1. The number of nitrogens with zero attached hydrogens (tertiary/aromatic N) is 1. The average Bonchev–Trinajstić information content (AvgIpc) is 2.61. The predicted octanol–water partition coefficient (Wildman–Crippen LogP) is 1.10. The van der Waals surface area contributed by atoms with E-state index < -0.39 is 0 Å². The molecule has 2 rings (SSSR count). The van der Waals surface area contributed by atoms with Crippen LogP contribution in [0.2, 0.25) is 0 Å². The highest BCUT2D eigenvalue weighted by molar-refractivity contribution is 4.85. The van der Waals surface area contributed by atoms with E-state index in [0.29, 0.717) is 6.10 Å². The zero-order valence-electron chi connectivity index (χ0n) is 10.0. The van der Waals surface area contributed by atoms with E-state index in [1.165, 1.54) is 38.9 Å². The summed E-state index contributed by atoms with van der Waals surface area (Å²) in [5, 5.41) is 3.50. The highest BCUT2D eigenvalue weighted by atomic mass is 16.5. The summed E-state index contributed by atoms with van der Waals surface area (Å²) >= 11 is 0. The lowest BCUT2D eigenvalue weighted by Crippen LogP contribution is -2.38. The molecule has 1 heterocycles. The van der Waals surface area contributed by atoms with Gasteiger partial charge in [-0.05, 0) is 31.7 Å². The van der Waals surface area contributed by atoms with Gasteiger partial charge in [0.15, 0.2) is 0 Å². The Morgan fingerprint density at radius 3 is 2.93 bits per heavy atom. The Balaban J connectivity index is 1.86. The predicted molar refractivity (Wildman–Crippen MR) is 62.0 cm³/mol. The molecule has 0 radical (unpaired) electrons. The molecule has 1 aliphatic heterocycles. The van der Waals surface area contributed by atoms with Crippen LogP contribution in [0.4, 0.5) is 0 Å². The van der Waals surface area contributed by atoms with E-state index in [1.54, 1.807) is 0 Å². The van der Waals surface area contributed by atoms with E-state index in [-0.39, 0.29) is 0 Å².